The summed E-state index contributed by atoms with van der Waals surface area (Å²) in [5.74, 6) is -0.139. The number of hydrogen-bond donors (Lipinski definition) is 0. The Balaban J connectivity index is 1.63. The lowest BCUT2D eigenvalue weighted by Gasteiger charge is -2.27. The summed E-state index contributed by atoms with van der Waals surface area (Å²) in [5.41, 5.74) is 3.72. The summed E-state index contributed by atoms with van der Waals surface area (Å²) in [4.78, 5) is 22.5. The van der Waals surface area contributed by atoms with Crippen LogP contribution in [0.4, 0.5) is 5.13 Å². The fourth-order valence-electron chi connectivity index (χ4n) is 3.87. The van der Waals surface area contributed by atoms with Crippen LogP contribution in [0.3, 0.4) is 0 Å². The number of hydrogen-bond acceptors (Lipinski definition) is 5. The molecule has 1 aliphatic heterocycles. The van der Waals surface area contributed by atoms with Crippen molar-refractivity contribution in [3.63, 3.8) is 0 Å². The fourth-order valence-corrected chi connectivity index (χ4v) is 5.44. The van der Waals surface area contributed by atoms with E-state index in [1.807, 2.05) is 0 Å². The minimum Gasteiger partial charge on any atom is -0.379 e. The van der Waals surface area contributed by atoms with Gasteiger partial charge in [0.15, 0.2) is 5.13 Å². The highest BCUT2D eigenvalue weighted by Crippen LogP contribution is 2.33. The smallest absolute Gasteiger partial charge is 0.260 e. The average Bonchev–Trinajstić information content (AvgIpc) is 3.15. The van der Waals surface area contributed by atoms with Crippen LogP contribution in [-0.4, -0.2) is 55.2 Å². The Morgan fingerprint density at radius 1 is 1.13 bits per heavy atom. The SMILES string of the molecule is Cc1cc(C)c2sc(N(CCCN3CCOCC3)C(=O)c3cc(Cl)cc(Cl)c3)nc2c1. The number of rotatable bonds is 6. The summed E-state index contributed by atoms with van der Waals surface area (Å²) >= 11 is 13.9. The van der Waals surface area contributed by atoms with Gasteiger partial charge in [0.1, 0.15) is 0 Å². The summed E-state index contributed by atoms with van der Waals surface area (Å²) < 4.78 is 6.54. The predicted octanol–water partition coefficient (Wildman–Crippen LogP) is 5.59. The van der Waals surface area contributed by atoms with Gasteiger partial charge in [-0.05, 0) is 55.7 Å². The maximum atomic E-state index is 13.5. The highest BCUT2D eigenvalue weighted by Gasteiger charge is 2.23. The number of benzene rings is 2. The van der Waals surface area contributed by atoms with E-state index < -0.39 is 0 Å². The van der Waals surface area contributed by atoms with Gasteiger partial charge in [-0.3, -0.25) is 14.6 Å². The Labute approximate surface area is 196 Å². The molecule has 0 saturated carbocycles. The van der Waals surface area contributed by atoms with Gasteiger partial charge in [0.05, 0.1) is 23.4 Å². The van der Waals surface area contributed by atoms with Crippen molar-refractivity contribution < 1.29 is 9.53 Å². The van der Waals surface area contributed by atoms with Gasteiger partial charge in [0, 0.05) is 41.8 Å². The first kappa shape index (κ1) is 22.5. The standard InChI is InChI=1S/C23H25Cl2N3O2S/c1-15-10-16(2)21-20(11-15)26-23(31-21)28(5-3-4-27-6-8-30-9-7-27)22(29)17-12-18(24)14-19(25)13-17/h10-14H,3-9H2,1-2H3. The molecule has 1 amide bonds. The Bertz CT molecular complexity index is 1080. The summed E-state index contributed by atoms with van der Waals surface area (Å²) in [6, 6.07) is 9.16. The first-order valence-corrected chi connectivity index (χ1v) is 11.9. The molecule has 0 spiro atoms. The average molecular weight is 478 g/mol. The number of amides is 1. The van der Waals surface area contributed by atoms with E-state index >= 15 is 0 Å². The lowest BCUT2D eigenvalue weighted by Crippen LogP contribution is -2.39. The molecule has 2 heterocycles. The van der Waals surface area contributed by atoms with Crippen molar-refractivity contribution in [2.75, 3.05) is 44.3 Å². The van der Waals surface area contributed by atoms with E-state index in [2.05, 4.69) is 30.9 Å². The van der Waals surface area contributed by atoms with Crippen LogP contribution in [0.5, 0.6) is 0 Å². The third-order valence-corrected chi connectivity index (χ3v) is 7.02. The van der Waals surface area contributed by atoms with Gasteiger partial charge < -0.3 is 4.74 Å². The second-order valence-electron chi connectivity index (χ2n) is 7.85. The molecule has 31 heavy (non-hydrogen) atoms. The van der Waals surface area contributed by atoms with E-state index in [4.69, 9.17) is 32.9 Å². The molecule has 4 rings (SSSR count). The molecular weight excluding hydrogens is 453 g/mol. The lowest BCUT2D eigenvalue weighted by molar-refractivity contribution is 0.0376. The number of aryl methyl sites for hydroxylation is 2. The van der Waals surface area contributed by atoms with Gasteiger partial charge >= 0.3 is 0 Å². The number of carbonyl (C=O) groups excluding carboxylic acids is 1. The second kappa shape index (κ2) is 9.84. The molecule has 3 aromatic rings. The van der Waals surface area contributed by atoms with Crippen LogP contribution in [0, 0.1) is 13.8 Å². The van der Waals surface area contributed by atoms with Crippen molar-refractivity contribution in [1.82, 2.24) is 9.88 Å². The maximum absolute atomic E-state index is 13.5. The maximum Gasteiger partial charge on any atom is 0.260 e. The van der Waals surface area contributed by atoms with Crippen LogP contribution < -0.4 is 4.90 Å². The first-order chi connectivity index (χ1) is 14.9. The zero-order valence-corrected chi connectivity index (χ0v) is 20.0. The van der Waals surface area contributed by atoms with Gasteiger partial charge in [0.2, 0.25) is 0 Å². The molecule has 0 unspecified atom stereocenters. The molecule has 0 aliphatic carbocycles. The Morgan fingerprint density at radius 3 is 2.55 bits per heavy atom. The third-order valence-electron chi connectivity index (χ3n) is 5.35. The van der Waals surface area contributed by atoms with Crippen LogP contribution in [0.25, 0.3) is 10.2 Å². The van der Waals surface area contributed by atoms with Crippen molar-refractivity contribution in [3.05, 3.63) is 57.1 Å². The molecule has 0 bridgehead atoms. The number of thiazole rings is 1. The zero-order valence-electron chi connectivity index (χ0n) is 17.7. The van der Waals surface area contributed by atoms with Gasteiger partial charge in [-0.1, -0.05) is 40.6 Å². The molecule has 1 fully saturated rings. The first-order valence-electron chi connectivity index (χ1n) is 10.4. The number of fused-ring (bicyclic) bond motifs is 1. The van der Waals surface area contributed by atoms with Crippen molar-refractivity contribution in [3.8, 4) is 0 Å². The van der Waals surface area contributed by atoms with E-state index in [9.17, 15) is 4.79 Å². The Hall–Kier alpha value is -1.70. The molecular formula is C23H25Cl2N3O2S. The van der Waals surface area contributed by atoms with Crippen molar-refractivity contribution in [1.29, 1.82) is 0 Å². The Morgan fingerprint density at radius 2 is 1.84 bits per heavy atom. The molecule has 8 heteroatoms. The largest absolute Gasteiger partial charge is 0.379 e. The third kappa shape index (κ3) is 5.38. The van der Waals surface area contributed by atoms with Crippen LogP contribution in [0.15, 0.2) is 30.3 Å². The van der Waals surface area contributed by atoms with E-state index in [1.54, 1.807) is 34.4 Å². The topological polar surface area (TPSA) is 45.7 Å². The molecule has 1 saturated heterocycles. The summed E-state index contributed by atoms with van der Waals surface area (Å²) in [6.07, 6.45) is 0.841. The zero-order chi connectivity index (χ0) is 22.0. The molecule has 2 aromatic carbocycles. The van der Waals surface area contributed by atoms with Crippen LogP contribution >= 0.6 is 34.5 Å². The molecule has 0 N–H and O–H groups in total. The molecule has 1 aromatic heterocycles. The highest BCUT2D eigenvalue weighted by molar-refractivity contribution is 7.22. The molecule has 164 valence electrons. The molecule has 5 nitrogen and oxygen atoms in total. The van der Waals surface area contributed by atoms with E-state index in [0.29, 0.717) is 27.3 Å². The second-order valence-corrected chi connectivity index (χ2v) is 9.70. The van der Waals surface area contributed by atoms with Crippen LogP contribution in [0.2, 0.25) is 10.0 Å². The lowest BCUT2D eigenvalue weighted by atomic mass is 10.1. The summed E-state index contributed by atoms with van der Waals surface area (Å²) in [7, 11) is 0. The monoisotopic (exact) mass is 477 g/mol. The van der Waals surface area contributed by atoms with Crippen LogP contribution in [0.1, 0.15) is 27.9 Å². The number of anilines is 1. The number of ether oxygens (including phenoxy) is 1. The minimum absolute atomic E-state index is 0.139. The van der Waals surface area contributed by atoms with Crippen molar-refractivity contribution >= 4 is 55.8 Å². The number of nitrogens with zero attached hydrogens (tertiary/aromatic N) is 3. The molecule has 1 aliphatic rings. The number of halogens is 2. The van der Waals surface area contributed by atoms with Gasteiger partial charge in [-0.2, -0.15) is 0 Å². The minimum atomic E-state index is -0.139. The predicted molar refractivity (Wildman–Crippen MR) is 129 cm³/mol. The van der Waals surface area contributed by atoms with E-state index in [0.717, 1.165) is 55.0 Å². The van der Waals surface area contributed by atoms with Crippen molar-refractivity contribution in [2.24, 2.45) is 0 Å². The quantitative estimate of drug-likeness (QED) is 0.464. The summed E-state index contributed by atoms with van der Waals surface area (Å²) in [5, 5.41) is 1.59. The fraction of sp³-hybridized carbons (Fsp3) is 0.391. The molecule has 0 atom stereocenters. The van der Waals surface area contributed by atoms with Crippen LogP contribution in [-0.2, 0) is 4.74 Å². The number of aromatic nitrogens is 1. The van der Waals surface area contributed by atoms with E-state index in [1.165, 1.54) is 5.56 Å². The van der Waals surface area contributed by atoms with E-state index in [-0.39, 0.29) is 5.91 Å². The van der Waals surface area contributed by atoms with Gasteiger partial charge in [-0.25, -0.2) is 4.98 Å². The van der Waals surface area contributed by atoms with Gasteiger partial charge in [-0.15, -0.1) is 0 Å². The number of morpholine rings is 1. The Kier molecular flexibility index (Phi) is 7.14. The number of carbonyl (C=O) groups is 1. The summed E-state index contributed by atoms with van der Waals surface area (Å²) in [6.45, 7) is 9.00. The molecule has 0 radical (unpaired) electrons. The highest BCUT2D eigenvalue weighted by atomic mass is 35.5. The normalized spacial score (nSPS) is 14.8. The van der Waals surface area contributed by atoms with Crippen molar-refractivity contribution in [2.45, 2.75) is 20.3 Å². The van der Waals surface area contributed by atoms with Gasteiger partial charge in [0.25, 0.3) is 5.91 Å².